The predicted octanol–water partition coefficient (Wildman–Crippen LogP) is 1.32. The van der Waals surface area contributed by atoms with E-state index in [1.807, 2.05) is 0 Å². The summed E-state index contributed by atoms with van der Waals surface area (Å²) in [6, 6.07) is 8.37. The van der Waals surface area contributed by atoms with Crippen molar-refractivity contribution in [3.63, 3.8) is 0 Å². The van der Waals surface area contributed by atoms with Crippen molar-refractivity contribution in [3.05, 3.63) is 51.6 Å². The van der Waals surface area contributed by atoms with Gasteiger partial charge in [0.05, 0.1) is 0 Å². The molecule has 6 heteroatoms. The Kier molecular flexibility index (Phi) is 2.98. The fourth-order valence-corrected chi connectivity index (χ4v) is 2.11. The van der Waals surface area contributed by atoms with E-state index in [9.17, 15) is 4.79 Å². The maximum atomic E-state index is 11.7. The third kappa shape index (κ3) is 2.40. The number of aromatic nitrogens is 4. The predicted molar refractivity (Wildman–Crippen MR) is 77.5 cm³/mol. The van der Waals surface area contributed by atoms with Crippen LogP contribution in [0.25, 0.3) is 11.2 Å². The highest BCUT2D eigenvalue weighted by Gasteiger charge is 2.08. The number of aromatic amines is 2. The number of aryl methyl sites for hydroxylation is 3. The van der Waals surface area contributed by atoms with Crippen molar-refractivity contribution >= 4 is 17.1 Å². The van der Waals surface area contributed by atoms with Crippen molar-refractivity contribution in [1.29, 1.82) is 0 Å². The Hall–Kier alpha value is -2.63. The SMILES string of the molecule is Cc1ccc(CCc2nc3nc(N)[nH]c(=O)c3[nH]2)cc1. The Bertz CT molecular complexity index is 801. The van der Waals surface area contributed by atoms with Crippen molar-refractivity contribution in [2.45, 2.75) is 19.8 Å². The second kappa shape index (κ2) is 4.80. The normalized spacial score (nSPS) is 11.1. The summed E-state index contributed by atoms with van der Waals surface area (Å²) in [7, 11) is 0. The monoisotopic (exact) mass is 269 g/mol. The Morgan fingerprint density at radius 3 is 2.60 bits per heavy atom. The Labute approximate surface area is 115 Å². The molecular formula is C14H15N5O. The van der Waals surface area contributed by atoms with E-state index in [1.54, 1.807) is 0 Å². The lowest BCUT2D eigenvalue weighted by Crippen LogP contribution is -2.10. The molecule has 0 fully saturated rings. The molecule has 4 N–H and O–H groups in total. The van der Waals surface area contributed by atoms with Crippen molar-refractivity contribution in [3.8, 4) is 0 Å². The molecule has 0 spiro atoms. The molecule has 0 bridgehead atoms. The molecule has 3 aromatic rings. The number of anilines is 1. The van der Waals surface area contributed by atoms with E-state index in [-0.39, 0.29) is 11.5 Å². The minimum absolute atomic E-state index is 0.0825. The zero-order chi connectivity index (χ0) is 14.1. The number of nitrogen functional groups attached to an aromatic ring is 1. The van der Waals surface area contributed by atoms with Gasteiger partial charge in [-0.1, -0.05) is 29.8 Å². The Balaban J connectivity index is 1.83. The highest BCUT2D eigenvalue weighted by Crippen LogP contribution is 2.09. The molecule has 20 heavy (non-hydrogen) atoms. The maximum absolute atomic E-state index is 11.7. The van der Waals surface area contributed by atoms with Gasteiger partial charge in [-0.3, -0.25) is 9.78 Å². The first-order chi connectivity index (χ1) is 9.61. The minimum Gasteiger partial charge on any atom is -0.369 e. The summed E-state index contributed by atoms with van der Waals surface area (Å²) in [5.74, 6) is 0.822. The summed E-state index contributed by atoms with van der Waals surface area (Å²) in [6.45, 7) is 2.06. The van der Waals surface area contributed by atoms with Crippen LogP contribution in [0.2, 0.25) is 0 Å². The highest BCUT2D eigenvalue weighted by atomic mass is 16.1. The Morgan fingerprint density at radius 2 is 1.85 bits per heavy atom. The lowest BCUT2D eigenvalue weighted by Gasteiger charge is -1.99. The quantitative estimate of drug-likeness (QED) is 0.667. The number of H-pyrrole nitrogens is 2. The van der Waals surface area contributed by atoms with Crippen LogP contribution in [0.5, 0.6) is 0 Å². The van der Waals surface area contributed by atoms with E-state index in [0.29, 0.717) is 11.2 Å². The summed E-state index contributed by atoms with van der Waals surface area (Å²) in [6.07, 6.45) is 1.58. The number of hydrogen-bond donors (Lipinski definition) is 3. The minimum atomic E-state index is -0.290. The lowest BCUT2D eigenvalue weighted by molar-refractivity contribution is 0.888. The number of imidazole rings is 1. The van der Waals surface area contributed by atoms with Crippen molar-refractivity contribution < 1.29 is 0 Å². The molecule has 0 atom stereocenters. The first-order valence-electron chi connectivity index (χ1n) is 6.42. The van der Waals surface area contributed by atoms with E-state index in [1.165, 1.54) is 11.1 Å². The van der Waals surface area contributed by atoms with Gasteiger partial charge in [0.2, 0.25) is 5.95 Å². The van der Waals surface area contributed by atoms with Gasteiger partial charge in [0.15, 0.2) is 11.2 Å². The van der Waals surface area contributed by atoms with Crippen LogP contribution in [-0.2, 0) is 12.8 Å². The average Bonchev–Trinajstić information content (AvgIpc) is 2.81. The number of fused-ring (bicyclic) bond motifs is 1. The van der Waals surface area contributed by atoms with Gasteiger partial charge in [0.1, 0.15) is 5.82 Å². The summed E-state index contributed by atoms with van der Waals surface area (Å²) in [5.41, 5.74) is 8.41. The largest absolute Gasteiger partial charge is 0.369 e. The van der Waals surface area contributed by atoms with Crippen LogP contribution in [0.4, 0.5) is 5.95 Å². The number of nitrogens with one attached hydrogen (secondary N) is 2. The van der Waals surface area contributed by atoms with Crippen LogP contribution in [0.15, 0.2) is 29.1 Å². The molecule has 0 saturated carbocycles. The van der Waals surface area contributed by atoms with Gasteiger partial charge in [-0.15, -0.1) is 0 Å². The van der Waals surface area contributed by atoms with Gasteiger partial charge in [0, 0.05) is 6.42 Å². The highest BCUT2D eigenvalue weighted by molar-refractivity contribution is 5.70. The van der Waals surface area contributed by atoms with Crippen LogP contribution in [0.1, 0.15) is 17.0 Å². The summed E-state index contributed by atoms with van der Waals surface area (Å²) in [4.78, 5) is 25.4. The fourth-order valence-electron chi connectivity index (χ4n) is 2.11. The van der Waals surface area contributed by atoms with Crippen LogP contribution in [0, 0.1) is 6.92 Å². The van der Waals surface area contributed by atoms with Gasteiger partial charge < -0.3 is 10.7 Å². The molecule has 0 aliphatic carbocycles. The molecule has 3 rings (SSSR count). The molecule has 0 unspecified atom stereocenters. The van der Waals surface area contributed by atoms with Crippen LogP contribution in [-0.4, -0.2) is 19.9 Å². The molecule has 0 aliphatic heterocycles. The second-order valence-electron chi connectivity index (χ2n) is 4.82. The van der Waals surface area contributed by atoms with E-state index in [4.69, 9.17) is 5.73 Å². The van der Waals surface area contributed by atoms with Crippen LogP contribution in [0.3, 0.4) is 0 Å². The number of rotatable bonds is 3. The van der Waals surface area contributed by atoms with E-state index in [2.05, 4.69) is 51.1 Å². The maximum Gasteiger partial charge on any atom is 0.278 e. The number of benzene rings is 1. The van der Waals surface area contributed by atoms with Gasteiger partial charge in [-0.2, -0.15) is 4.98 Å². The zero-order valence-electron chi connectivity index (χ0n) is 11.1. The smallest absolute Gasteiger partial charge is 0.278 e. The van der Waals surface area contributed by atoms with Gasteiger partial charge in [-0.25, -0.2) is 4.98 Å². The summed E-state index contributed by atoms with van der Waals surface area (Å²) >= 11 is 0. The number of nitrogens with zero attached hydrogens (tertiary/aromatic N) is 2. The van der Waals surface area contributed by atoms with Gasteiger partial charge in [0.25, 0.3) is 5.56 Å². The first-order valence-corrected chi connectivity index (χ1v) is 6.42. The summed E-state index contributed by atoms with van der Waals surface area (Å²) in [5, 5.41) is 0. The lowest BCUT2D eigenvalue weighted by atomic mass is 10.1. The molecule has 0 radical (unpaired) electrons. The fraction of sp³-hybridized carbons (Fsp3) is 0.214. The van der Waals surface area contributed by atoms with E-state index < -0.39 is 0 Å². The molecule has 0 aliphatic rings. The molecule has 2 heterocycles. The van der Waals surface area contributed by atoms with Crippen molar-refractivity contribution in [1.82, 2.24) is 19.9 Å². The first kappa shape index (κ1) is 12.4. The molecule has 102 valence electrons. The molecule has 0 saturated heterocycles. The number of hydrogen-bond acceptors (Lipinski definition) is 4. The molecule has 2 aromatic heterocycles. The molecule has 6 nitrogen and oxygen atoms in total. The third-order valence-electron chi connectivity index (χ3n) is 3.20. The van der Waals surface area contributed by atoms with E-state index in [0.717, 1.165) is 18.7 Å². The Morgan fingerprint density at radius 1 is 1.10 bits per heavy atom. The van der Waals surface area contributed by atoms with E-state index >= 15 is 0 Å². The molecular weight excluding hydrogens is 254 g/mol. The van der Waals surface area contributed by atoms with Crippen molar-refractivity contribution in [2.75, 3.05) is 5.73 Å². The van der Waals surface area contributed by atoms with Crippen LogP contribution >= 0.6 is 0 Å². The van der Waals surface area contributed by atoms with Gasteiger partial charge in [-0.05, 0) is 18.9 Å². The number of nitrogens with two attached hydrogens (primary N) is 1. The average molecular weight is 269 g/mol. The van der Waals surface area contributed by atoms with Crippen LogP contribution < -0.4 is 11.3 Å². The van der Waals surface area contributed by atoms with Gasteiger partial charge >= 0.3 is 0 Å². The molecule has 1 aromatic carbocycles. The summed E-state index contributed by atoms with van der Waals surface area (Å²) < 4.78 is 0. The molecule has 0 amide bonds. The topological polar surface area (TPSA) is 100 Å². The zero-order valence-corrected chi connectivity index (χ0v) is 11.1. The second-order valence-corrected chi connectivity index (χ2v) is 4.82. The standard InChI is InChI=1S/C14H15N5O/c1-8-2-4-9(5-3-8)6-7-10-16-11-12(17-10)18-14(15)19-13(11)20/h2-5H,6-7H2,1H3,(H4,15,16,17,18,19,20). The third-order valence-corrected chi connectivity index (χ3v) is 3.20. The van der Waals surface area contributed by atoms with Crippen molar-refractivity contribution in [2.24, 2.45) is 0 Å².